The van der Waals surface area contributed by atoms with E-state index in [1.165, 1.54) is 32.1 Å². The van der Waals surface area contributed by atoms with Crippen LogP contribution in [0, 0.1) is 10.8 Å². The Hall–Kier alpha value is -0.260. The lowest BCUT2D eigenvalue weighted by Gasteiger charge is -2.32. The van der Waals surface area contributed by atoms with Crippen molar-refractivity contribution in [1.82, 2.24) is 0 Å². The second kappa shape index (κ2) is 3.86. The molecule has 0 aromatic rings. The summed E-state index contributed by atoms with van der Waals surface area (Å²) in [6.45, 7) is 9.54. The van der Waals surface area contributed by atoms with Gasteiger partial charge in [0.05, 0.1) is 0 Å². The molecule has 0 N–H and O–H groups in total. The molecular weight excluding hydrogens is 156 g/mol. The Balaban J connectivity index is 2.70. The van der Waals surface area contributed by atoms with Crippen LogP contribution in [0.25, 0.3) is 0 Å². The maximum atomic E-state index is 2.42. The highest BCUT2D eigenvalue weighted by molar-refractivity contribution is 4.98. The summed E-state index contributed by atoms with van der Waals surface area (Å²) < 4.78 is 0. The van der Waals surface area contributed by atoms with E-state index in [2.05, 4.69) is 39.8 Å². The van der Waals surface area contributed by atoms with Crippen LogP contribution in [-0.2, 0) is 0 Å². The molecule has 1 aliphatic carbocycles. The van der Waals surface area contributed by atoms with Crippen LogP contribution in [-0.4, -0.2) is 0 Å². The van der Waals surface area contributed by atoms with E-state index in [0.29, 0.717) is 10.8 Å². The fraction of sp³-hybridized carbons (Fsp3) is 0.846. The van der Waals surface area contributed by atoms with E-state index in [9.17, 15) is 0 Å². The van der Waals surface area contributed by atoms with Gasteiger partial charge in [0.2, 0.25) is 0 Å². The molecule has 76 valence electrons. The van der Waals surface area contributed by atoms with Gasteiger partial charge in [-0.25, -0.2) is 0 Å². The van der Waals surface area contributed by atoms with Crippen molar-refractivity contribution in [2.45, 2.75) is 59.8 Å². The monoisotopic (exact) mass is 180 g/mol. The lowest BCUT2D eigenvalue weighted by Crippen LogP contribution is -2.21. The van der Waals surface area contributed by atoms with Crippen LogP contribution < -0.4 is 0 Å². The molecule has 0 aromatic heterocycles. The summed E-state index contributed by atoms with van der Waals surface area (Å²) in [6, 6.07) is 0. The lowest BCUT2D eigenvalue weighted by molar-refractivity contribution is 0.218. The van der Waals surface area contributed by atoms with Gasteiger partial charge in [0.1, 0.15) is 0 Å². The average molecular weight is 180 g/mol. The Kier molecular flexibility index (Phi) is 3.21. The molecule has 0 heteroatoms. The predicted molar refractivity (Wildman–Crippen MR) is 59.8 cm³/mol. The zero-order valence-electron chi connectivity index (χ0n) is 9.69. The van der Waals surface area contributed by atoms with E-state index >= 15 is 0 Å². The van der Waals surface area contributed by atoms with Crippen molar-refractivity contribution >= 4 is 0 Å². The topological polar surface area (TPSA) is 0 Å². The Morgan fingerprint density at radius 2 is 1.69 bits per heavy atom. The van der Waals surface area contributed by atoms with Crippen LogP contribution in [0.2, 0.25) is 0 Å². The van der Waals surface area contributed by atoms with Gasteiger partial charge in [-0.3, -0.25) is 0 Å². The summed E-state index contributed by atoms with van der Waals surface area (Å²) >= 11 is 0. The predicted octanol–water partition coefficient (Wildman–Crippen LogP) is 4.56. The summed E-state index contributed by atoms with van der Waals surface area (Å²) in [5, 5.41) is 0. The molecule has 13 heavy (non-hydrogen) atoms. The van der Waals surface area contributed by atoms with E-state index < -0.39 is 0 Å². The van der Waals surface area contributed by atoms with Gasteiger partial charge < -0.3 is 0 Å². The largest absolute Gasteiger partial charge is 0.0880 e. The van der Waals surface area contributed by atoms with Gasteiger partial charge in [-0.2, -0.15) is 0 Å². The summed E-state index contributed by atoms with van der Waals surface area (Å²) in [4.78, 5) is 0. The first-order valence-electron chi connectivity index (χ1n) is 5.59. The zero-order chi connectivity index (χ0) is 9.95. The third-order valence-corrected chi connectivity index (χ3v) is 2.98. The average Bonchev–Trinajstić information content (AvgIpc) is 1.97. The van der Waals surface area contributed by atoms with Crippen molar-refractivity contribution < 1.29 is 0 Å². The van der Waals surface area contributed by atoms with Gasteiger partial charge in [-0.05, 0) is 36.5 Å². The molecule has 0 spiro atoms. The number of allylic oxidation sites excluding steroid dienone is 2. The smallest absolute Gasteiger partial charge is 0.0170 e. The molecule has 0 heterocycles. The maximum Gasteiger partial charge on any atom is -0.0170 e. The number of hydrogen-bond acceptors (Lipinski definition) is 0. The second-order valence-electron chi connectivity index (χ2n) is 5.98. The van der Waals surface area contributed by atoms with E-state index in [4.69, 9.17) is 0 Å². The molecule has 0 bridgehead atoms. The number of hydrogen-bond donors (Lipinski definition) is 0. The van der Waals surface area contributed by atoms with Crippen molar-refractivity contribution in [1.29, 1.82) is 0 Å². The third-order valence-electron chi connectivity index (χ3n) is 2.98. The molecular formula is C13H24. The normalized spacial score (nSPS) is 29.8. The summed E-state index contributed by atoms with van der Waals surface area (Å²) in [7, 11) is 0. The highest BCUT2D eigenvalue weighted by Crippen LogP contribution is 2.39. The minimum absolute atomic E-state index is 0.397. The van der Waals surface area contributed by atoms with Crippen LogP contribution in [0.3, 0.4) is 0 Å². The minimum atomic E-state index is 0.397. The molecule has 0 aliphatic heterocycles. The fourth-order valence-electron chi connectivity index (χ4n) is 2.65. The van der Waals surface area contributed by atoms with Crippen LogP contribution in [0.1, 0.15) is 59.8 Å². The Morgan fingerprint density at radius 3 is 2.38 bits per heavy atom. The van der Waals surface area contributed by atoms with E-state index in [-0.39, 0.29) is 0 Å². The summed E-state index contributed by atoms with van der Waals surface area (Å²) in [5.74, 6) is 0. The first-order valence-corrected chi connectivity index (χ1v) is 5.59. The van der Waals surface area contributed by atoms with Crippen LogP contribution >= 0.6 is 0 Å². The Morgan fingerprint density at radius 1 is 1.00 bits per heavy atom. The molecule has 0 saturated carbocycles. The number of rotatable bonds is 0. The Labute approximate surface area is 83.4 Å². The highest BCUT2D eigenvalue weighted by atomic mass is 14.3. The van der Waals surface area contributed by atoms with Crippen LogP contribution in [0.4, 0.5) is 0 Å². The van der Waals surface area contributed by atoms with Gasteiger partial charge >= 0.3 is 0 Å². The quantitative estimate of drug-likeness (QED) is 0.479. The van der Waals surface area contributed by atoms with Crippen molar-refractivity contribution in [3.8, 4) is 0 Å². The molecule has 0 unspecified atom stereocenters. The molecule has 0 radical (unpaired) electrons. The fourth-order valence-corrected chi connectivity index (χ4v) is 2.65. The van der Waals surface area contributed by atoms with Gasteiger partial charge in [-0.15, -0.1) is 0 Å². The van der Waals surface area contributed by atoms with Gasteiger partial charge in [-0.1, -0.05) is 46.3 Å². The van der Waals surface area contributed by atoms with Gasteiger partial charge in [0, 0.05) is 0 Å². The zero-order valence-corrected chi connectivity index (χ0v) is 9.69. The van der Waals surface area contributed by atoms with E-state index in [1.54, 1.807) is 0 Å². The van der Waals surface area contributed by atoms with Crippen molar-refractivity contribution in [3.63, 3.8) is 0 Å². The van der Waals surface area contributed by atoms with E-state index in [1.807, 2.05) is 0 Å². The van der Waals surface area contributed by atoms with Gasteiger partial charge in [0.25, 0.3) is 0 Å². The lowest BCUT2D eigenvalue weighted by atomic mass is 9.73. The first-order chi connectivity index (χ1) is 5.91. The molecule has 0 aromatic carbocycles. The molecule has 0 saturated heterocycles. The molecule has 0 atom stereocenters. The standard InChI is InChI=1S/C13H24/c1-12(2)9-7-5-6-8-10-13(3,4)11-12/h7,9H,5-6,8,10-11H2,1-4H3/b9-7-. The molecule has 1 rings (SSSR count). The summed E-state index contributed by atoms with van der Waals surface area (Å²) in [5.41, 5.74) is 0.923. The first kappa shape index (κ1) is 10.8. The van der Waals surface area contributed by atoms with Crippen molar-refractivity contribution in [3.05, 3.63) is 12.2 Å². The van der Waals surface area contributed by atoms with Crippen LogP contribution in [0.5, 0.6) is 0 Å². The summed E-state index contributed by atoms with van der Waals surface area (Å²) in [6.07, 6.45) is 11.5. The Bertz CT molecular complexity index is 184. The van der Waals surface area contributed by atoms with Crippen molar-refractivity contribution in [2.75, 3.05) is 0 Å². The highest BCUT2D eigenvalue weighted by Gasteiger charge is 2.26. The van der Waals surface area contributed by atoms with Crippen LogP contribution in [0.15, 0.2) is 12.2 Å². The second-order valence-corrected chi connectivity index (χ2v) is 5.98. The van der Waals surface area contributed by atoms with Crippen molar-refractivity contribution in [2.24, 2.45) is 10.8 Å². The molecule has 0 amide bonds. The molecule has 0 nitrogen and oxygen atoms in total. The molecule has 1 aliphatic rings. The van der Waals surface area contributed by atoms with E-state index in [0.717, 1.165) is 0 Å². The minimum Gasteiger partial charge on any atom is -0.0880 e. The maximum absolute atomic E-state index is 2.42. The third kappa shape index (κ3) is 3.97. The SMILES string of the molecule is CC1(C)/C=C\CCCCC(C)(C)C1. The molecule has 0 fully saturated rings. The van der Waals surface area contributed by atoms with Gasteiger partial charge in [0.15, 0.2) is 0 Å².